The first-order valence-electron chi connectivity index (χ1n) is 5.66. The summed E-state index contributed by atoms with van der Waals surface area (Å²) in [6.07, 6.45) is -1.94. The number of aliphatic hydroxyl groups is 1. The number of hydrogen-bond acceptors (Lipinski definition) is 7. The van der Waals surface area contributed by atoms with Crippen molar-refractivity contribution in [1.82, 2.24) is 0 Å². The fourth-order valence-electron chi connectivity index (χ4n) is 1.86. The van der Waals surface area contributed by atoms with Crippen molar-refractivity contribution in [2.24, 2.45) is 0 Å². The molecule has 1 N–H and O–H groups in total. The van der Waals surface area contributed by atoms with Crippen LogP contribution in [0.5, 0.6) is 0 Å². The maximum atomic E-state index is 11.4. The zero-order valence-corrected chi connectivity index (χ0v) is 10.9. The van der Waals surface area contributed by atoms with Gasteiger partial charge in [-0.05, 0) is 6.08 Å². The van der Waals surface area contributed by atoms with Crippen molar-refractivity contribution in [2.75, 3.05) is 7.11 Å². The predicted octanol–water partition coefficient (Wildman–Crippen LogP) is -0.286. The molecule has 7 nitrogen and oxygen atoms in total. The first kappa shape index (κ1) is 15.2. The Morgan fingerprint density at radius 3 is 2.26 bits per heavy atom. The van der Waals surface area contributed by atoms with E-state index in [1.165, 1.54) is 27.0 Å². The maximum Gasteiger partial charge on any atom is 0.333 e. The molecule has 19 heavy (non-hydrogen) atoms. The molecule has 0 amide bonds. The van der Waals surface area contributed by atoms with E-state index < -0.39 is 36.2 Å². The third-order valence-electron chi connectivity index (χ3n) is 2.56. The van der Waals surface area contributed by atoms with Crippen molar-refractivity contribution in [1.29, 1.82) is 0 Å². The topological polar surface area (TPSA) is 99.1 Å². The van der Waals surface area contributed by atoms with E-state index >= 15 is 0 Å². The van der Waals surface area contributed by atoms with Gasteiger partial charge in [-0.1, -0.05) is 0 Å². The van der Waals surface area contributed by atoms with Crippen LogP contribution in [-0.2, 0) is 28.6 Å². The Kier molecular flexibility index (Phi) is 5.05. The molecule has 3 atom stereocenters. The van der Waals surface area contributed by atoms with Gasteiger partial charge in [0, 0.05) is 25.8 Å². The lowest BCUT2D eigenvalue weighted by atomic mass is 9.92. The quantitative estimate of drug-likeness (QED) is 0.557. The minimum atomic E-state index is -1.24. The van der Waals surface area contributed by atoms with Gasteiger partial charge in [0.05, 0.1) is 7.11 Å². The number of carbonyl (C=O) groups is 3. The summed E-state index contributed by atoms with van der Waals surface area (Å²) in [6.45, 7) is 2.37. The highest BCUT2D eigenvalue weighted by Gasteiger charge is 2.39. The molecule has 0 saturated carbocycles. The summed E-state index contributed by atoms with van der Waals surface area (Å²) in [5.41, 5.74) is 0.171. The second kappa shape index (κ2) is 6.33. The summed E-state index contributed by atoms with van der Waals surface area (Å²) in [5.74, 6) is -1.84. The van der Waals surface area contributed by atoms with Crippen molar-refractivity contribution in [3.05, 3.63) is 11.6 Å². The lowest BCUT2D eigenvalue weighted by molar-refractivity contribution is -0.173. The number of methoxy groups -OCH3 is 1. The van der Waals surface area contributed by atoms with Crippen LogP contribution in [0.2, 0.25) is 0 Å². The highest BCUT2D eigenvalue weighted by Crippen LogP contribution is 2.25. The second-order valence-corrected chi connectivity index (χ2v) is 4.10. The average Bonchev–Trinajstić information content (AvgIpc) is 2.31. The zero-order chi connectivity index (χ0) is 14.6. The van der Waals surface area contributed by atoms with Crippen LogP contribution in [0.25, 0.3) is 0 Å². The molecular weight excluding hydrogens is 256 g/mol. The van der Waals surface area contributed by atoms with E-state index in [-0.39, 0.29) is 12.0 Å². The van der Waals surface area contributed by atoms with Gasteiger partial charge < -0.3 is 19.3 Å². The second-order valence-electron chi connectivity index (χ2n) is 4.10. The van der Waals surface area contributed by atoms with Crippen LogP contribution in [0, 0.1) is 0 Å². The van der Waals surface area contributed by atoms with Crippen molar-refractivity contribution < 1.29 is 33.7 Å². The summed E-state index contributed by atoms with van der Waals surface area (Å²) < 4.78 is 14.4. The van der Waals surface area contributed by atoms with Crippen molar-refractivity contribution in [2.45, 2.75) is 38.6 Å². The largest absolute Gasteiger partial charge is 0.466 e. The van der Waals surface area contributed by atoms with Gasteiger partial charge >= 0.3 is 17.9 Å². The molecule has 0 bridgehead atoms. The molecule has 7 heteroatoms. The molecule has 1 aliphatic rings. The van der Waals surface area contributed by atoms with E-state index in [0.717, 1.165) is 0 Å². The minimum absolute atomic E-state index is 0.0151. The first-order valence-corrected chi connectivity index (χ1v) is 5.66. The lowest BCUT2D eigenvalue weighted by Gasteiger charge is -2.32. The molecular formula is C12H16O7. The molecule has 0 aliphatic heterocycles. The Balaban J connectivity index is 2.95. The molecule has 0 unspecified atom stereocenters. The van der Waals surface area contributed by atoms with Crippen molar-refractivity contribution in [3.63, 3.8) is 0 Å². The van der Waals surface area contributed by atoms with Crippen molar-refractivity contribution in [3.8, 4) is 0 Å². The fourth-order valence-corrected chi connectivity index (χ4v) is 1.86. The molecule has 1 aliphatic carbocycles. The van der Waals surface area contributed by atoms with Gasteiger partial charge in [0.2, 0.25) is 0 Å². The smallest absolute Gasteiger partial charge is 0.333 e. The lowest BCUT2D eigenvalue weighted by Crippen LogP contribution is -2.46. The molecule has 0 heterocycles. The van der Waals surface area contributed by atoms with Gasteiger partial charge in [-0.2, -0.15) is 0 Å². The Hall–Kier alpha value is -1.89. The number of ether oxygens (including phenoxy) is 3. The van der Waals surface area contributed by atoms with E-state index in [4.69, 9.17) is 9.47 Å². The van der Waals surface area contributed by atoms with Gasteiger partial charge in [0.15, 0.2) is 6.10 Å². The first-order chi connectivity index (χ1) is 8.85. The SMILES string of the molecule is COC(=O)C1=C[C@@H](O)[C@@H](OC(C)=O)[C@H](OC(C)=O)C1. The van der Waals surface area contributed by atoms with E-state index in [2.05, 4.69) is 4.74 Å². The number of esters is 3. The third kappa shape index (κ3) is 4.06. The minimum Gasteiger partial charge on any atom is -0.466 e. The van der Waals surface area contributed by atoms with Crippen LogP contribution in [0.15, 0.2) is 11.6 Å². The number of aliphatic hydroxyl groups excluding tert-OH is 1. The number of carbonyl (C=O) groups excluding carboxylic acids is 3. The molecule has 0 saturated heterocycles. The standard InChI is InChI=1S/C12H16O7/c1-6(13)18-10-5-8(12(16)17-3)4-9(15)11(10)19-7(2)14/h4,9-11,15H,5H2,1-3H3/t9-,10-,11-/m1/s1. The predicted molar refractivity (Wildman–Crippen MR) is 61.8 cm³/mol. The van der Waals surface area contributed by atoms with Crippen LogP contribution in [0.3, 0.4) is 0 Å². The Bertz CT molecular complexity index is 412. The van der Waals surface area contributed by atoms with Crippen LogP contribution in [0.1, 0.15) is 20.3 Å². The molecule has 0 aromatic carbocycles. The average molecular weight is 272 g/mol. The highest BCUT2D eigenvalue weighted by molar-refractivity contribution is 5.89. The Labute approximate surface area is 110 Å². The van der Waals surface area contributed by atoms with E-state index in [1.807, 2.05) is 0 Å². The Morgan fingerprint density at radius 2 is 1.79 bits per heavy atom. The fraction of sp³-hybridized carbons (Fsp3) is 0.583. The summed E-state index contributed by atoms with van der Waals surface area (Å²) in [6, 6.07) is 0. The summed E-state index contributed by atoms with van der Waals surface area (Å²) in [4.78, 5) is 33.4. The van der Waals surface area contributed by atoms with Crippen LogP contribution < -0.4 is 0 Å². The van der Waals surface area contributed by atoms with Crippen LogP contribution in [-0.4, -0.2) is 48.4 Å². The van der Waals surface area contributed by atoms with Gasteiger partial charge in [-0.25, -0.2) is 4.79 Å². The van der Waals surface area contributed by atoms with Crippen molar-refractivity contribution >= 4 is 17.9 Å². The number of rotatable bonds is 3. The van der Waals surface area contributed by atoms with Gasteiger partial charge in [-0.15, -0.1) is 0 Å². The molecule has 0 aromatic heterocycles. The monoisotopic (exact) mass is 272 g/mol. The molecule has 0 spiro atoms. The Morgan fingerprint density at radius 1 is 1.21 bits per heavy atom. The van der Waals surface area contributed by atoms with Gasteiger partial charge in [0.1, 0.15) is 12.2 Å². The molecule has 106 valence electrons. The van der Waals surface area contributed by atoms with Gasteiger partial charge in [0.25, 0.3) is 0 Å². The molecule has 1 rings (SSSR count). The van der Waals surface area contributed by atoms with Gasteiger partial charge in [-0.3, -0.25) is 9.59 Å². The molecule has 0 aromatic rings. The third-order valence-corrected chi connectivity index (χ3v) is 2.56. The number of hydrogen-bond donors (Lipinski definition) is 1. The highest BCUT2D eigenvalue weighted by atomic mass is 16.6. The van der Waals surface area contributed by atoms with E-state index in [1.54, 1.807) is 0 Å². The summed E-state index contributed by atoms with van der Waals surface area (Å²) in [7, 11) is 1.20. The van der Waals surface area contributed by atoms with E-state index in [0.29, 0.717) is 0 Å². The van der Waals surface area contributed by atoms with E-state index in [9.17, 15) is 19.5 Å². The summed E-state index contributed by atoms with van der Waals surface area (Å²) >= 11 is 0. The van der Waals surface area contributed by atoms with Crippen LogP contribution in [0.4, 0.5) is 0 Å². The normalized spacial score (nSPS) is 26.1. The summed E-state index contributed by atoms with van der Waals surface area (Å²) in [5, 5.41) is 9.86. The molecule has 0 radical (unpaired) electrons. The van der Waals surface area contributed by atoms with Crippen LogP contribution >= 0.6 is 0 Å². The maximum absolute atomic E-state index is 11.4. The zero-order valence-electron chi connectivity index (χ0n) is 10.9. The molecule has 0 fully saturated rings.